The third-order valence-corrected chi connectivity index (χ3v) is 4.69. The van der Waals surface area contributed by atoms with Crippen LogP contribution < -0.4 is 0 Å². The molecule has 0 amide bonds. The number of hydrogen-bond acceptors (Lipinski definition) is 0. The molecule has 0 saturated heterocycles. The molecule has 0 unspecified atom stereocenters. The standard InChI is InChI=1S/C23H18F2/c1-2-3-15-4-9-20-18(12-15)5-6-19-13-16(7-10-21(19)20)17-8-11-22(24)23(25)14-17/h4-14H,2-3H2,1H3. The molecule has 0 aromatic heterocycles. The lowest BCUT2D eigenvalue weighted by Gasteiger charge is -2.09. The van der Waals surface area contributed by atoms with Gasteiger partial charge in [0.2, 0.25) is 0 Å². The summed E-state index contributed by atoms with van der Waals surface area (Å²) in [6.07, 6.45) is 2.22. The molecule has 0 atom stereocenters. The first kappa shape index (κ1) is 15.8. The van der Waals surface area contributed by atoms with E-state index in [9.17, 15) is 8.78 Å². The van der Waals surface area contributed by atoms with Gasteiger partial charge in [0.15, 0.2) is 11.6 Å². The Kier molecular flexibility index (Phi) is 3.96. The van der Waals surface area contributed by atoms with Crippen LogP contribution in [0.5, 0.6) is 0 Å². The predicted molar refractivity (Wildman–Crippen MR) is 101 cm³/mol. The maximum atomic E-state index is 13.5. The van der Waals surface area contributed by atoms with Crippen molar-refractivity contribution < 1.29 is 8.78 Å². The lowest BCUT2D eigenvalue weighted by atomic mass is 9.96. The van der Waals surface area contributed by atoms with Crippen molar-refractivity contribution in [3.8, 4) is 11.1 Å². The van der Waals surface area contributed by atoms with Crippen LogP contribution in [0.2, 0.25) is 0 Å². The molecular weight excluding hydrogens is 314 g/mol. The lowest BCUT2D eigenvalue weighted by molar-refractivity contribution is 0.509. The second-order valence-electron chi connectivity index (χ2n) is 6.44. The Bertz CT molecular complexity index is 1080. The van der Waals surface area contributed by atoms with Gasteiger partial charge in [0.25, 0.3) is 0 Å². The van der Waals surface area contributed by atoms with E-state index in [1.807, 2.05) is 12.1 Å². The highest BCUT2D eigenvalue weighted by Gasteiger charge is 2.07. The number of rotatable bonds is 3. The van der Waals surface area contributed by atoms with Crippen LogP contribution >= 0.6 is 0 Å². The maximum Gasteiger partial charge on any atom is 0.159 e. The molecule has 4 rings (SSSR count). The molecule has 0 N–H and O–H groups in total. The average Bonchev–Trinajstić information content (AvgIpc) is 2.63. The van der Waals surface area contributed by atoms with E-state index in [2.05, 4.69) is 43.3 Å². The smallest absolute Gasteiger partial charge is 0.159 e. The van der Waals surface area contributed by atoms with E-state index in [1.165, 1.54) is 33.9 Å². The average molecular weight is 332 g/mol. The van der Waals surface area contributed by atoms with Gasteiger partial charge < -0.3 is 0 Å². The van der Waals surface area contributed by atoms with Crippen LogP contribution in [0.3, 0.4) is 0 Å². The van der Waals surface area contributed by atoms with Crippen molar-refractivity contribution in [2.75, 3.05) is 0 Å². The van der Waals surface area contributed by atoms with Gasteiger partial charge in [-0.15, -0.1) is 0 Å². The fourth-order valence-electron chi connectivity index (χ4n) is 3.42. The monoisotopic (exact) mass is 332 g/mol. The van der Waals surface area contributed by atoms with Gasteiger partial charge in [-0.1, -0.05) is 61.9 Å². The quantitative estimate of drug-likeness (QED) is 0.358. The summed E-state index contributed by atoms with van der Waals surface area (Å²) in [6.45, 7) is 2.18. The van der Waals surface area contributed by atoms with Gasteiger partial charge in [0.1, 0.15) is 0 Å². The van der Waals surface area contributed by atoms with Crippen molar-refractivity contribution in [3.05, 3.63) is 83.9 Å². The van der Waals surface area contributed by atoms with Crippen molar-refractivity contribution in [2.24, 2.45) is 0 Å². The SMILES string of the molecule is CCCc1ccc2c(ccc3cc(-c4ccc(F)c(F)c4)ccc32)c1. The maximum absolute atomic E-state index is 13.5. The van der Waals surface area contributed by atoms with Crippen LogP contribution in [0.25, 0.3) is 32.7 Å². The molecular formula is C23H18F2. The van der Waals surface area contributed by atoms with Crippen LogP contribution in [-0.2, 0) is 6.42 Å². The first-order valence-electron chi connectivity index (χ1n) is 8.56. The Hall–Kier alpha value is -2.74. The first-order valence-corrected chi connectivity index (χ1v) is 8.56. The van der Waals surface area contributed by atoms with Gasteiger partial charge in [0.05, 0.1) is 0 Å². The van der Waals surface area contributed by atoms with Crippen LogP contribution in [0.15, 0.2) is 66.7 Å². The second kappa shape index (κ2) is 6.29. The van der Waals surface area contributed by atoms with Gasteiger partial charge in [-0.05, 0) is 62.9 Å². The molecule has 2 heteroatoms. The van der Waals surface area contributed by atoms with Crippen molar-refractivity contribution in [2.45, 2.75) is 19.8 Å². The van der Waals surface area contributed by atoms with Crippen molar-refractivity contribution in [1.82, 2.24) is 0 Å². The molecule has 0 nitrogen and oxygen atoms in total. The highest BCUT2D eigenvalue weighted by molar-refractivity contribution is 6.08. The molecule has 0 spiro atoms. The van der Waals surface area contributed by atoms with Crippen LogP contribution in [0, 0.1) is 11.6 Å². The van der Waals surface area contributed by atoms with E-state index in [0.717, 1.165) is 23.8 Å². The predicted octanol–water partition coefficient (Wildman–Crippen LogP) is 6.89. The largest absolute Gasteiger partial charge is 0.204 e. The number of aryl methyl sites for hydroxylation is 1. The van der Waals surface area contributed by atoms with E-state index >= 15 is 0 Å². The molecule has 0 fully saturated rings. The lowest BCUT2D eigenvalue weighted by Crippen LogP contribution is -1.87. The molecule has 4 aromatic carbocycles. The Morgan fingerprint density at radius 2 is 1.28 bits per heavy atom. The second-order valence-corrected chi connectivity index (χ2v) is 6.44. The van der Waals surface area contributed by atoms with Gasteiger partial charge in [-0.3, -0.25) is 0 Å². The minimum atomic E-state index is -0.821. The normalized spacial score (nSPS) is 11.3. The zero-order chi connectivity index (χ0) is 17.4. The number of fused-ring (bicyclic) bond motifs is 3. The summed E-state index contributed by atoms with van der Waals surface area (Å²) < 4.78 is 26.7. The molecule has 4 aromatic rings. The molecule has 0 heterocycles. The zero-order valence-corrected chi connectivity index (χ0v) is 14.0. The Balaban J connectivity index is 1.84. The van der Waals surface area contributed by atoms with Gasteiger partial charge in [0, 0.05) is 0 Å². The molecule has 0 aliphatic carbocycles. The highest BCUT2D eigenvalue weighted by Crippen LogP contribution is 2.31. The van der Waals surface area contributed by atoms with Gasteiger partial charge in [-0.2, -0.15) is 0 Å². The third kappa shape index (κ3) is 2.89. The number of hydrogen-bond donors (Lipinski definition) is 0. The van der Waals surface area contributed by atoms with Crippen LogP contribution in [-0.4, -0.2) is 0 Å². The summed E-state index contributed by atoms with van der Waals surface area (Å²) in [6, 6.07) is 20.9. The molecule has 0 aliphatic heterocycles. The van der Waals surface area contributed by atoms with Crippen molar-refractivity contribution >= 4 is 21.5 Å². The zero-order valence-electron chi connectivity index (χ0n) is 14.0. The summed E-state index contributed by atoms with van der Waals surface area (Å²) in [5, 5.41) is 4.72. The van der Waals surface area contributed by atoms with E-state index in [-0.39, 0.29) is 0 Å². The van der Waals surface area contributed by atoms with Gasteiger partial charge >= 0.3 is 0 Å². The van der Waals surface area contributed by atoms with E-state index in [0.29, 0.717) is 5.56 Å². The number of halogens is 2. The molecule has 0 saturated carbocycles. The fourth-order valence-corrected chi connectivity index (χ4v) is 3.42. The number of benzene rings is 4. The minimum Gasteiger partial charge on any atom is -0.204 e. The molecule has 25 heavy (non-hydrogen) atoms. The van der Waals surface area contributed by atoms with E-state index in [1.54, 1.807) is 6.07 Å². The summed E-state index contributed by atoms with van der Waals surface area (Å²) >= 11 is 0. The van der Waals surface area contributed by atoms with Crippen molar-refractivity contribution in [1.29, 1.82) is 0 Å². The Morgan fingerprint density at radius 3 is 2.00 bits per heavy atom. The first-order chi connectivity index (χ1) is 12.2. The van der Waals surface area contributed by atoms with Crippen LogP contribution in [0.4, 0.5) is 8.78 Å². The fraction of sp³-hybridized carbons (Fsp3) is 0.130. The van der Waals surface area contributed by atoms with Gasteiger partial charge in [-0.25, -0.2) is 8.78 Å². The van der Waals surface area contributed by atoms with Crippen molar-refractivity contribution in [3.63, 3.8) is 0 Å². The summed E-state index contributed by atoms with van der Waals surface area (Å²) in [4.78, 5) is 0. The highest BCUT2D eigenvalue weighted by atomic mass is 19.2. The molecule has 0 aliphatic rings. The van der Waals surface area contributed by atoms with E-state index in [4.69, 9.17) is 0 Å². The summed E-state index contributed by atoms with van der Waals surface area (Å²) in [7, 11) is 0. The summed E-state index contributed by atoms with van der Waals surface area (Å²) in [5.74, 6) is -1.64. The van der Waals surface area contributed by atoms with Crippen LogP contribution in [0.1, 0.15) is 18.9 Å². The topological polar surface area (TPSA) is 0 Å². The minimum absolute atomic E-state index is 0.680. The Morgan fingerprint density at radius 1 is 0.640 bits per heavy atom. The molecule has 0 radical (unpaired) electrons. The summed E-state index contributed by atoms with van der Waals surface area (Å²) in [5.41, 5.74) is 2.92. The third-order valence-electron chi connectivity index (χ3n) is 4.69. The molecule has 0 bridgehead atoms. The molecule has 124 valence electrons. The van der Waals surface area contributed by atoms with E-state index < -0.39 is 11.6 Å². The Labute approximate surface area is 145 Å².